The Morgan fingerprint density at radius 1 is 1.13 bits per heavy atom. The van der Waals surface area contributed by atoms with Gasteiger partial charge in [-0.25, -0.2) is 9.67 Å². The third-order valence-corrected chi connectivity index (χ3v) is 6.52. The first-order valence-electron chi connectivity index (χ1n) is 11.8. The van der Waals surface area contributed by atoms with Crippen LogP contribution in [0.25, 0.3) is 21.5 Å². The molecule has 38 heavy (non-hydrogen) atoms. The molecule has 3 aromatic heterocycles. The van der Waals surface area contributed by atoms with E-state index in [1.165, 1.54) is 16.0 Å². The molecule has 5 rings (SSSR count). The minimum atomic E-state index is -0.362. The molecule has 0 saturated carbocycles. The lowest BCUT2D eigenvalue weighted by molar-refractivity contribution is -0.144. The van der Waals surface area contributed by atoms with Gasteiger partial charge in [0.1, 0.15) is 22.7 Å². The molecule has 0 amide bonds. The number of carbonyl (C=O) groups excluding carboxylic acids is 1. The summed E-state index contributed by atoms with van der Waals surface area (Å²) in [6, 6.07) is 15.2. The molecule has 11 heteroatoms. The Hall–Kier alpha value is -4.82. The molecule has 0 aliphatic heterocycles. The summed E-state index contributed by atoms with van der Waals surface area (Å²) >= 11 is 1.50. The van der Waals surface area contributed by atoms with Gasteiger partial charge < -0.3 is 14.8 Å². The second kappa shape index (κ2) is 10.7. The molecule has 2 aromatic carbocycles. The topological polar surface area (TPSA) is 128 Å². The number of nitrogens with zero attached hydrogens (tertiary/aromatic N) is 6. The number of benzene rings is 2. The van der Waals surface area contributed by atoms with Crippen LogP contribution in [-0.4, -0.2) is 37.5 Å². The van der Waals surface area contributed by atoms with Crippen molar-refractivity contribution in [1.82, 2.24) is 25.0 Å². The van der Waals surface area contributed by atoms with Gasteiger partial charge in [-0.05, 0) is 67.6 Å². The number of fused-ring (bicyclic) bond motifs is 1. The van der Waals surface area contributed by atoms with Gasteiger partial charge in [0.25, 0.3) is 0 Å². The minimum absolute atomic E-state index is 0.00873. The summed E-state index contributed by atoms with van der Waals surface area (Å²) in [6.07, 6.45) is 1.70. The van der Waals surface area contributed by atoms with Crippen molar-refractivity contribution in [2.24, 2.45) is 0 Å². The lowest BCUT2D eigenvalue weighted by Gasteiger charge is -2.13. The molecular weight excluding hydrogens is 502 g/mol. The van der Waals surface area contributed by atoms with Gasteiger partial charge in [0.05, 0.1) is 30.0 Å². The first-order chi connectivity index (χ1) is 18.4. The van der Waals surface area contributed by atoms with Crippen LogP contribution in [0.2, 0.25) is 0 Å². The fraction of sp³-hybridized carbons (Fsp3) is 0.185. The molecule has 0 fully saturated rings. The lowest BCUT2D eigenvalue weighted by atomic mass is 10.1. The number of nitriles is 1. The van der Waals surface area contributed by atoms with Crippen LogP contribution in [0, 0.1) is 25.2 Å². The number of aryl methyl sites for hydroxylation is 2. The molecular formula is C27H23N7O3S. The van der Waals surface area contributed by atoms with Crippen molar-refractivity contribution in [1.29, 1.82) is 5.26 Å². The Morgan fingerprint density at radius 3 is 2.61 bits per heavy atom. The van der Waals surface area contributed by atoms with Crippen LogP contribution in [0.5, 0.6) is 11.6 Å². The molecule has 0 aliphatic carbocycles. The van der Waals surface area contributed by atoms with Gasteiger partial charge in [0.2, 0.25) is 11.8 Å². The van der Waals surface area contributed by atoms with E-state index in [9.17, 15) is 10.1 Å². The monoisotopic (exact) mass is 525 g/mol. The maximum atomic E-state index is 11.7. The number of carbonyl (C=O) groups is 1. The zero-order valence-corrected chi connectivity index (χ0v) is 21.7. The van der Waals surface area contributed by atoms with Crippen molar-refractivity contribution in [2.45, 2.75) is 27.3 Å². The maximum absolute atomic E-state index is 11.7. The number of hydrogen-bond acceptors (Lipinski definition) is 10. The fourth-order valence-electron chi connectivity index (χ4n) is 3.93. The number of hydrogen-bond donors (Lipinski definition) is 1. The molecule has 3 heterocycles. The number of nitrogens with one attached hydrogen (secondary N) is 1. The van der Waals surface area contributed by atoms with Gasteiger partial charge in [0.15, 0.2) is 0 Å². The van der Waals surface area contributed by atoms with Crippen LogP contribution in [0.4, 0.5) is 11.6 Å². The van der Waals surface area contributed by atoms with Gasteiger partial charge in [-0.1, -0.05) is 17.3 Å². The van der Waals surface area contributed by atoms with E-state index < -0.39 is 0 Å². The quantitative estimate of drug-likeness (QED) is 0.260. The Bertz CT molecular complexity index is 1650. The normalized spacial score (nSPS) is 10.8. The second-order valence-electron chi connectivity index (χ2n) is 8.45. The Morgan fingerprint density at radius 2 is 1.89 bits per heavy atom. The van der Waals surface area contributed by atoms with E-state index in [4.69, 9.17) is 9.47 Å². The SMILES string of the molecule is CCOC(=O)Cn1cc(-c2ccc(Nc3nc(Oc4c(C)cc(C#N)cc4C)c4sccc4n3)cc2)nn1. The lowest BCUT2D eigenvalue weighted by Crippen LogP contribution is -2.13. The zero-order chi connectivity index (χ0) is 26.6. The average molecular weight is 526 g/mol. The maximum Gasteiger partial charge on any atom is 0.327 e. The van der Waals surface area contributed by atoms with Gasteiger partial charge in [-0.2, -0.15) is 10.2 Å². The van der Waals surface area contributed by atoms with E-state index in [1.54, 1.807) is 25.3 Å². The average Bonchev–Trinajstić information content (AvgIpc) is 3.56. The van der Waals surface area contributed by atoms with E-state index >= 15 is 0 Å². The fourth-order valence-corrected chi connectivity index (χ4v) is 4.69. The second-order valence-corrected chi connectivity index (χ2v) is 9.37. The number of aromatic nitrogens is 5. The Kier molecular flexibility index (Phi) is 6.97. The van der Waals surface area contributed by atoms with Gasteiger partial charge in [0, 0.05) is 11.3 Å². The molecule has 5 aromatic rings. The summed E-state index contributed by atoms with van der Waals surface area (Å²) < 4.78 is 13.5. The smallest absolute Gasteiger partial charge is 0.327 e. The highest BCUT2D eigenvalue weighted by atomic mass is 32.1. The molecule has 0 bridgehead atoms. The van der Waals surface area contributed by atoms with Gasteiger partial charge in [-0.15, -0.1) is 16.4 Å². The Labute approximate surface area is 222 Å². The number of anilines is 2. The summed E-state index contributed by atoms with van der Waals surface area (Å²) in [5.74, 6) is 1.14. The highest BCUT2D eigenvalue weighted by Crippen LogP contribution is 2.36. The standard InChI is InChI=1S/C27H23N7O3S/c1-4-36-23(35)15-34-14-22(32-33-34)19-5-7-20(8-6-19)29-27-30-21-9-10-38-25(21)26(31-27)37-24-16(2)11-18(13-28)12-17(24)3/h5-12,14H,4,15H2,1-3H3,(H,29,30,31). The van der Waals surface area contributed by atoms with E-state index in [2.05, 4.69) is 31.7 Å². The Balaban J connectivity index is 1.36. The molecule has 0 spiro atoms. The van der Waals surface area contributed by atoms with Crippen molar-refractivity contribution < 1.29 is 14.3 Å². The van der Waals surface area contributed by atoms with Crippen molar-refractivity contribution in [3.05, 3.63) is 70.7 Å². The summed E-state index contributed by atoms with van der Waals surface area (Å²) in [7, 11) is 0. The predicted octanol–water partition coefficient (Wildman–Crippen LogP) is 5.54. The third-order valence-electron chi connectivity index (χ3n) is 5.63. The van der Waals surface area contributed by atoms with Gasteiger partial charge in [-0.3, -0.25) is 4.79 Å². The van der Waals surface area contributed by atoms with E-state index in [0.717, 1.165) is 32.6 Å². The summed E-state index contributed by atoms with van der Waals surface area (Å²) in [5, 5.41) is 22.6. The van der Waals surface area contributed by atoms with Crippen LogP contribution in [0.1, 0.15) is 23.6 Å². The number of thiophene rings is 1. The van der Waals surface area contributed by atoms with Crippen molar-refractivity contribution in [3.8, 4) is 29.0 Å². The number of esters is 1. The first-order valence-corrected chi connectivity index (χ1v) is 12.7. The van der Waals surface area contributed by atoms with Crippen LogP contribution in [0.3, 0.4) is 0 Å². The summed E-state index contributed by atoms with van der Waals surface area (Å²) in [6.45, 7) is 5.90. The van der Waals surface area contributed by atoms with Crippen LogP contribution in [-0.2, 0) is 16.1 Å². The molecule has 190 valence electrons. The molecule has 10 nitrogen and oxygen atoms in total. The molecule has 0 unspecified atom stereocenters. The van der Waals surface area contributed by atoms with Gasteiger partial charge >= 0.3 is 5.97 Å². The van der Waals surface area contributed by atoms with E-state index in [1.807, 2.05) is 49.6 Å². The van der Waals surface area contributed by atoms with Crippen LogP contribution >= 0.6 is 11.3 Å². The summed E-state index contributed by atoms with van der Waals surface area (Å²) in [4.78, 5) is 20.9. The van der Waals surface area contributed by atoms with E-state index in [0.29, 0.717) is 35.4 Å². The molecule has 0 radical (unpaired) electrons. The highest BCUT2D eigenvalue weighted by molar-refractivity contribution is 7.17. The highest BCUT2D eigenvalue weighted by Gasteiger charge is 2.15. The minimum Gasteiger partial charge on any atom is -0.465 e. The van der Waals surface area contributed by atoms with Crippen molar-refractivity contribution >= 4 is 39.2 Å². The largest absolute Gasteiger partial charge is 0.465 e. The molecule has 0 aliphatic rings. The zero-order valence-electron chi connectivity index (χ0n) is 20.9. The van der Waals surface area contributed by atoms with E-state index in [-0.39, 0.29) is 12.5 Å². The number of ether oxygens (including phenoxy) is 2. The molecule has 0 atom stereocenters. The summed E-state index contributed by atoms with van der Waals surface area (Å²) in [5.41, 5.74) is 5.32. The number of rotatable bonds is 8. The van der Waals surface area contributed by atoms with Crippen molar-refractivity contribution in [2.75, 3.05) is 11.9 Å². The van der Waals surface area contributed by atoms with Crippen molar-refractivity contribution in [3.63, 3.8) is 0 Å². The third kappa shape index (κ3) is 5.30. The van der Waals surface area contributed by atoms with Crippen LogP contribution < -0.4 is 10.1 Å². The first kappa shape index (κ1) is 24.9. The van der Waals surface area contributed by atoms with Crippen LogP contribution in [0.15, 0.2) is 54.0 Å². The predicted molar refractivity (Wildman–Crippen MR) is 143 cm³/mol. The molecule has 0 saturated heterocycles. The molecule has 1 N–H and O–H groups in total.